The maximum Gasteiger partial charge on any atom is 0.265 e. The Hall–Kier alpha value is -3.72. The van der Waals surface area contributed by atoms with E-state index < -0.39 is 0 Å². The molecule has 0 fully saturated rings. The van der Waals surface area contributed by atoms with Crippen LogP contribution >= 0.6 is 11.8 Å². The van der Waals surface area contributed by atoms with Gasteiger partial charge in [0.05, 0.1) is 28.7 Å². The zero-order chi connectivity index (χ0) is 19.8. The molecule has 0 saturated heterocycles. The smallest absolute Gasteiger partial charge is 0.265 e. The lowest BCUT2D eigenvalue weighted by molar-refractivity contribution is 0.883. The summed E-state index contributed by atoms with van der Waals surface area (Å²) < 4.78 is 1.64. The molecule has 5 rings (SSSR count). The molecule has 142 valence electrons. The second-order valence-corrected chi connectivity index (χ2v) is 7.26. The largest absolute Gasteiger partial charge is 0.368 e. The number of imidazole rings is 1. The predicted octanol–water partition coefficient (Wildman–Crippen LogP) is 2.93. The van der Waals surface area contributed by atoms with Gasteiger partial charge in [-0.2, -0.15) is 4.98 Å². The summed E-state index contributed by atoms with van der Waals surface area (Å²) in [7, 11) is 0. The zero-order valence-corrected chi connectivity index (χ0v) is 15.9. The van der Waals surface area contributed by atoms with Crippen molar-refractivity contribution < 1.29 is 0 Å². The minimum Gasteiger partial charge on any atom is -0.368 e. The van der Waals surface area contributed by atoms with Crippen LogP contribution in [0.1, 0.15) is 5.82 Å². The van der Waals surface area contributed by atoms with E-state index in [0.717, 1.165) is 5.69 Å². The molecule has 0 spiro atoms. The first-order chi connectivity index (χ1) is 14.2. The Morgan fingerprint density at radius 3 is 2.66 bits per heavy atom. The van der Waals surface area contributed by atoms with Crippen molar-refractivity contribution in [1.29, 1.82) is 0 Å². The lowest BCUT2D eigenvalue weighted by Gasteiger charge is -2.13. The molecule has 0 amide bonds. The van der Waals surface area contributed by atoms with Crippen LogP contribution in [-0.4, -0.2) is 29.5 Å². The van der Waals surface area contributed by atoms with Crippen molar-refractivity contribution >= 4 is 39.8 Å². The van der Waals surface area contributed by atoms with Gasteiger partial charge in [-0.1, -0.05) is 42.1 Å². The van der Waals surface area contributed by atoms with Crippen LogP contribution in [0.3, 0.4) is 0 Å². The minimum absolute atomic E-state index is 0.105. The van der Waals surface area contributed by atoms with Crippen molar-refractivity contribution in [2.75, 3.05) is 5.73 Å². The summed E-state index contributed by atoms with van der Waals surface area (Å²) in [5.41, 5.74) is 8.35. The van der Waals surface area contributed by atoms with Gasteiger partial charge >= 0.3 is 0 Å². The summed E-state index contributed by atoms with van der Waals surface area (Å²) >= 11 is 1.42. The van der Waals surface area contributed by atoms with Crippen molar-refractivity contribution in [2.45, 2.75) is 10.8 Å². The molecule has 0 atom stereocenters. The molecule has 3 aromatic heterocycles. The number of hydrogen-bond donors (Lipinski definition) is 2. The van der Waals surface area contributed by atoms with E-state index in [2.05, 4.69) is 19.9 Å². The van der Waals surface area contributed by atoms with E-state index in [1.54, 1.807) is 17.0 Å². The highest BCUT2D eigenvalue weighted by Gasteiger charge is 2.15. The van der Waals surface area contributed by atoms with Crippen molar-refractivity contribution in [3.63, 3.8) is 0 Å². The molecule has 0 aliphatic carbocycles. The van der Waals surface area contributed by atoms with Gasteiger partial charge in [0.2, 0.25) is 5.95 Å². The number of anilines is 1. The van der Waals surface area contributed by atoms with Gasteiger partial charge in [0.25, 0.3) is 5.56 Å². The molecule has 0 aliphatic rings. The lowest BCUT2D eigenvalue weighted by Crippen LogP contribution is -2.23. The number of fused-ring (bicyclic) bond motifs is 2. The van der Waals surface area contributed by atoms with Crippen LogP contribution < -0.4 is 11.3 Å². The summed E-state index contributed by atoms with van der Waals surface area (Å²) in [5, 5.41) is 1.24. The van der Waals surface area contributed by atoms with Crippen LogP contribution in [0.25, 0.3) is 27.8 Å². The van der Waals surface area contributed by atoms with Crippen LogP contribution in [0, 0.1) is 0 Å². The van der Waals surface area contributed by atoms with Crippen LogP contribution in [0.2, 0.25) is 0 Å². The van der Waals surface area contributed by atoms with Gasteiger partial charge in [0.15, 0.2) is 5.65 Å². The number of nitrogens with one attached hydrogen (secondary N) is 1. The number of nitrogen functional groups attached to an aromatic ring is 1. The molecule has 0 unspecified atom stereocenters. The minimum atomic E-state index is -0.105. The lowest BCUT2D eigenvalue weighted by atomic mass is 10.2. The molecule has 0 bridgehead atoms. The molecule has 3 heterocycles. The quantitative estimate of drug-likeness (QED) is 0.351. The Morgan fingerprint density at radius 1 is 1.00 bits per heavy atom. The summed E-state index contributed by atoms with van der Waals surface area (Å²) in [6.45, 7) is 0. The summed E-state index contributed by atoms with van der Waals surface area (Å²) in [6.07, 6.45) is 1.55. The molecule has 29 heavy (non-hydrogen) atoms. The van der Waals surface area contributed by atoms with E-state index in [4.69, 9.17) is 10.7 Å². The Kier molecular flexibility index (Phi) is 4.21. The second kappa shape index (κ2) is 7.02. The molecule has 0 saturated carbocycles. The predicted molar refractivity (Wildman–Crippen MR) is 113 cm³/mol. The van der Waals surface area contributed by atoms with Gasteiger partial charge in [-0.15, -0.1) is 0 Å². The SMILES string of the molecule is Nc1nc(SCc2nc3ccccc3c(=O)n2-c2ccccc2)c2[nH]cnc2n1. The summed E-state index contributed by atoms with van der Waals surface area (Å²) in [4.78, 5) is 33.6. The third-order valence-electron chi connectivity index (χ3n) is 4.47. The zero-order valence-electron chi connectivity index (χ0n) is 15.1. The Balaban J connectivity index is 1.64. The average molecular weight is 401 g/mol. The Labute approximate surface area is 168 Å². The summed E-state index contributed by atoms with van der Waals surface area (Å²) in [6, 6.07) is 16.8. The van der Waals surface area contributed by atoms with E-state index in [0.29, 0.717) is 38.7 Å². The number of H-pyrrole nitrogens is 1. The highest BCUT2D eigenvalue weighted by Crippen LogP contribution is 2.27. The maximum atomic E-state index is 13.2. The fraction of sp³-hybridized carbons (Fsp3) is 0.0500. The van der Waals surface area contributed by atoms with E-state index >= 15 is 0 Å². The topological polar surface area (TPSA) is 115 Å². The average Bonchev–Trinajstić information content (AvgIpc) is 3.21. The first kappa shape index (κ1) is 17.4. The van der Waals surface area contributed by atoms with E-state index in [-0.39, 0.29) is 11.5 Å². The van der Waals surface area contributed by atoms with Crippen LogP contribution in [0.15, 0.2) is 70.7 Å². The van der Waals surface area contributed by atoms with Gasteiger partial charge in [-0.3, -0.25) is 9.36 Å². The Bertz CT molecular complexity index is 1390. The number of nitrogens with two attached hydrogens (primary N) is 1. The van der Waals surface area contributed by atoms with Gasteiger partial charge < -0.3 is 10.7 Å². The number of nitrogens with zero attached hydrogens (tertiary/aromatic N) is 5. The standard InChI is InChI=1S/C20H15N7OS/c21-20-25-17-16(22-11-23-17)18(26-20)29-10-15-24-14-9-5-4-8-13(14)19(28)27(15)12-6-2-1-3-7-12/h1-9,11H,10H2,(H3,21,22,23,25,26). The molecule has 9 heteroatoms. The number of hydrogen-bond acceptors (Lipinski definition) is 7. The second-order valence-electron chi connectivity index (χ2n) is 6.30. The van der Waals surface area contributed by atoms with E-state index in [1.807, 2.05) is 48.5 Å². The number of benzene rings is 2. The van der Waals surface area contributed by atoms with E-state index in [1.165, 1.54) is 11.8 Å². The van der Waals surface area contributed by atoms with Crippen molar-refractivity contribution in [2.24, 2.45) is 0 Å². The van der Waals surface area contributed by atoms with Gasteiger partial charge in [-0.05, 0) is 24.3 Å². The van der Waals surface area contributed by atoms with Crippen molar-refractivity contribution in [3.8, 4) is 5.69 Å². The van der Waals surface area contributed by atoms with Gasteiger partial charge in [-0.25, -0.2) is 15.0 Å². The number of rotatable bonds is 4. The monoisotopic (exact) mass is 401 g/mol. The van der Waals surface area contributed by atoms with Crippen molar-refractivity contribution in [1.82, 2.24) is 29.5 Å². The highest BCUT2D eigenvalue weighted by atomic mass is 32.2. The number of aromatic amines is 1. The first-order valence-corrected chi connectivity index (χ1v) is 9.85. The highest BCUT2D eigenvalue weighted by molar-refractivity contribution is 7.98. The molecule has 8 nitrogen and oxygen atoms in total. The third-order valence-corrected chi connectivity index (χ3v) is 5.44. The van der Waals surface area contributed by atoms with Gasteiger partial charge in [0, 0.05) is 0 Å². The molecule has 5 aromatic rings. The molecule has 2 aromatic carbocycles. The number of thioether (sulfide) groups is 1. The van der Waals surface area contributed by atoms with Crippen LogP contribution in [0.5, 0.6) is 0 Å². The molecule has 3 N–H and O–H groups in total. The normalized spacial score (nSPS) is 11.3. The van der Waals surface area contributed by atoms with Crippen molar-refractivity contribution in [3.05, 3.63) is 77.1 Å². The van der Waals surface area contributed by atoms with Crippen LogP contribution in [-0.2, 0) is 5.75 Å². The number of para-hydroxylation sites is 2. The number of aromatic nitrogens is 6. The first-order valence-electron chi connectivity index (χ1n) is 8.86. The van der Waals surface area contributed by atoms with Gasteiger partial charge in [0.1, 0.15) is 16.4 Å². The van der Waals surface area contributed by atoms with Crippen LogP contribution in [0.4, 0.5) is 5.95 Å². The summed E-state index contributed by atoms with van der Waals surface area (Å²) in [5.74, 6) is 1.19. The molecule has 0 radical (unpaired) electrons. The molecular weight excluding hydrogens is 386 g/mol. The fourth-order valence-corrected chi connectivity index (χ4v) is 4.09. The third kappa shape index (κ3) is 3.11. The Morgan fingerprint density at radius 2 is 1.79 bits per heavy atom. The fourth-order valence-electron chi connectivity index (χ4n) is 3.18. The van der Waals surface area contributed by atoms with E-state index in [9.17, 15) is 4.79 Å². The molecule has 0 aliphatic heterocycles. The molecular formula is C20H15N7OS. The maximum absolute atomic E-state index is 13.2.